The van der Waals surface area contributed by atoms with Gasteiger partial charge in [-0.25, -0.2) is 9.37 Å². The highest BCUT2D eigenvalue weighted by Crippen LogP contribution is 2.31. The fraction of sp³-hybridized carbons (Fsp3) is 0.458. The average Bonchev–Trinajstić information content (AvgIpc) is 3.35. The summed E-state index contributed by atoms with van der Waals surface area (Å²) in [5.41, 5.74) is 4.79. The molecule has 1 aromatic carbocycles. The summed E-state index contributed by atoms with van der Waals surface area (Å²) < 4.78 is 18.1. The largest absolute Gasteiger partial charge is 0.371 e. The van der Waals surface area contributed by atoms with E-state index in [2.05, 4.69) is 40.5 Å². The number of allylic oxidation sites excluding steroid dienone is 1. The molecule has 0 atom stereocenters. The molecule has 3 aromatic rings. The van der Waals surface area contributed by atoms with Gasteiger partial charge >= 0.3 is 0 Å². The Hall–Kier alpha value is -3.00. The number of nitrogens with zero attached hydrogens (tertiary/aromatic N) is 6. The maximum absolute atomic E-state index is 14.4. The van der Waals surface area contributed by atoms with Gasteiger partial charge in [-0.05, 0) is 32.4 Å². The number of aliphatic imine (C=N–C) groups is 1. The number of imidazole rings is 1. The number of piperidine rings is 1. The highest BCUT2D eigenvalue weighted by Gasteiger charge is 2.22. The predicted molar refractivity (Wildman–Crippen MR) is 127 cm³/mol. The summed E-state index contributed by atoms with van der Waals surface area (Å²) in [4.78, 5) is 11.4. The number of aromatic nitrogens is 4. The summed E-state index contributed by atoms with van der Waals surface area (Å²) in [5, 5.41) is 9.46. The number of aryl methyl sites for hydroxylation is 2. The van der Waals surface area contributed by atoms with Gasteiger partial charge in [-0.1, -0.05) is 13.0 Å². The van der Waals surface area contributed by atoms with Crippen LogP contribution >= 0.6 is 0 Å². The van der Waals surface area contributed by atoms with Crippen molar-refractivity contribution in [1.82, 2.24) is 24.6 Å². The smallest absolute Gasteiger partial charge is 0.169 e. The zero-order valence-electron chi connectivity index (χ0n) is 19.0. The molecule has 0 spiro atoms. The van der Waals surface area contributed by atoms with Gasteiger partial charge in [0.1, 0.15) is 0 Å². The average molecular weight is 436 g/mol. The standard InChI is InChI=1S/C24H30FN7/c1-4-26-18-7-9-31(10-8-18)22-6-5-17(23-20(22)15-30(3)29-23)12-27-19-11-21(25)24-28-16(2)13-32(24)14-19/h5-6,11,13,15,18,26H,4,7-10,12,14H2,1-3H3. The van der Waals surface area contributed by atoms with Crippen molar-refractivity contribution in [2.75, 3.05) is 24.5 Å². The molecule has 2 aromatic heterocycles. The monoisotopic (exact) mass is 435 g/mol. The van der Waals surface area contributed by atoms with Crippen LogP contribution in [-0.4, -0.2) is 50.7 Å². The lowest BCUT2D eigenvalue weighted by Crippen LogP contribution is -2.42. The molecule has 0 saturated carbocycles. The summed E-state index contributed by atoms with van der Waals surface area (Å²) in [6.07, 6.45) is 7.76. The predicted octanol–water partition coefficient (Wildman–Crippen LogP) is 3.62. The number of anilines is 1. The Bertz CT molecular complexity index is 1190. The molecule has 5 rings (SSSR count). The lowest BCUT2D eigenvalue weighted by Gasteiger charge is -2.34. The Morgan fingerprint density at radius 3 is 2.81 bits per heavy atom. The van der Waals surface area contributed by atoms with Gasteiger partial charge in [0.2, 0.25) is 0 Å². The van der Waals surface area contributed by atoms with Crippen molar-refractivity contribution in [3.63, 3.8) is 0 Å². The first kappa shape index (κ1) is 20.9. The van der Waals surface area contributed by atoms with Crippen molar-refractivity contribution in [2.24, 2.45) is 12.0 Å². The topological polar surface area (TPSA) is 63.3 Å². The van der Waals surface area contributed by atoms with Crippen molar-refractivity contribution < 1.29 is 4.39 Å². The van der Waals surface area contributed by atoms with Crippen molar-refractivity contribution in [3.05, 3.63) is 47.7 Å². The van der Waals surface area contributed by atoms with Crippen molar-refractivity contribution in [1.29, 1.82) is 0 Å². The molecule has 2 aliphatic rings. The first-order chi connectivity index (χ1) is 15.5. The molecular weight excluding hydrogens is 405 g/mol. The van der Waals surface area contributed by atoms with Gasteiger partial charge in [-0.2, -0.15) is 5.10 Å². The molecule has 1 saturated heterocycles. The lowest BCUT2D eigenvalue weighted by molar-refractivity contribution is 0.424. The van der Waals surface area contributed by atoms with E-state index in [-0.39, 0.29) is 5.83 Å². The molecule has 8 heteroatoms. The summed E-state index contributed by atoms with van der Waals surface area (Å²) in [6.45, 7) is 8.15. The fourth-order valence-corrected chi connectivity index (χ4v) is 4.85. The van der Waals surface area contributed by atoms with E-state index in [1.165, 1.54) is 11.8 Å². The van der Waals surface area contributed by atoms with Crippen LogP contribution in [0.2, 0.25) is 0 Å². The van der Waals surface area contributed by atoms with E-state index >= 15 is 0 Å². The molecule has 0 aliphatic carbocycles. The summed E-state index contributed by atoms with van der Waals surface area (Å²) in [7, 11) is 1.96. The Morgan fingerprint density at radius 1 is 1.22 bits per heavy atom. The van der Waals surface area contributed by atoms with E-state index in [0.29, 0.717) is 30.7 Å². The van der Waals surface area contributed by atoms with E-state index in [4.69, 9.17) is 10.1 Å². The van der Waals surface area contributed by atoms with Crippen LogP contribution in [-0.2, 0) is 20.1 Å². The van der Waals surface area contributed by atoms with Gasteiger partial charge in [-0.15, -0.1) is 0 Å². The molecule has 2 aliphatic heterocycles. The molecule has 32 heavy (non-hydrogen) atoms. The van der Waals surface area contributed by atoms with Gasteiger partial charge in [0.15, 0.2) is 11.7 Å². The molecule has 0 bridgehead atoms. The van der Waals surface area contributed by atoms with E-state index < -0.39 is 0 Å². The third-order valence-corrected chi connectivity index (χ3v) is 6.37. The number of rotatable bonds is 5. The quantitative estimate of drug-likeness (QED) is 0.665. The van der Waals surface area contributed by atoms with Gasteiger partial charge in [-0.3, -0.25) is 9.67 Å². The molecular formula is C24H30FN7. The van der Waals surface area contributed by atoms with Crippen LogP contribution in [0.3, 0.4) is 0 Å². The first-order valence-corrected chi connectivity index (χ1v) is 11.4. The fourth-order valence-electron chi connectivity index (χ4n) is 4.85. The van der Waals surface area contributed by atoms with Crippen molar-refractivity contribution in [3.8, 4) is 0 Å². The number of fused-ring (bicyclic) bond motifs is 2. The minimum absolute atomic E-state index is 0.331. The summed E-state index contributed by atoms with van der Waals surface area (Å²) in [5.74, 6) is 0.0539. The highest BCUT2D eigenvalue weighted by molar-refractivity contribution is 6.01. The molecule has 0 radical (unpaired) electrons. The van der Waals surface area contributed by atoms with Gasteiger partial charge in [0.25, 0.3) is 0 Å². The van der Waals surface area contributed by atoms with Crippen molar-refractivity contribution in [2.45, 2.75) is 45.8 Å². The first-order valence-electron chi connectivity index (χ1n) is 11.4. The molecule has 1 fully saturated rings. The third kappa shape index (κ3) is 3.95. The minimum atomic E-state index is -0.331. The Labute approximate surface area is 187 Å². The maximum atomic E-state index is 14.4. The molecule has 1 N–H and O–H groups in total. The van der Waals surface area contributed by atoms with Crippen LogP contribution in [0.25, 0.3) is 16.7 Å². The lowest BCUT2D eigenvalue weighted by atomic mass is 10.0. The van der Waals surface area contributed by atoms with Crippen LogP contribution in [0.15, 0.2) is 35.6 Å². The number of halogens is 1. The van der Waals surface area contributed by atoms with Crippen LogP contribution < -0.4 is 10.2 Å². The second-order valence-corrected chi connectivity index (χ2v) is 8.76. The van der Waals surface area contributed by atoms with E-state index in [9.17, 15) is 4.39 Å². The van der Waals surface area contributed by atoms with Crippen LogP contribution in [0.4, 0.5) is 10.1 Å². The molecule has 0 unspecified atom stereocenters. The number of nitrogens with one attached hydrogen (secondary N) is 1. The van der Waals surface area contributed by atoms with Crippen LogP contribution in [0.1, 0.15) is 36.8 Å². The number of hydrogen-bond donors (Lipinski definition) is 1. The maximum Gasteiger partial charge on any atom is 0.169 e. The molecule has 0 amide bonds. The summed E-state index contributed by atoms with van der Waals surface area (Å²) in [6, 6.07) is 4.93. The normalized spacial score (nSPS) is 18.4. The molecule has 7 nitrogen and oxygen atoms in total. The highest BCUT2D eigenvalue weighted by atomic mass is 19.1. The van der Waals surface area contributed by atoms with Crippen LogP contribution in [0, 0.1) is 6.92 Å². The summed E-state index contributed by atoms with van der Waals surface area (Å²) >= 11 is 0. The SMILES string of the molecule is CCNC1CCN(c2ccc(CN=C3C=C(F)c4nc(C)cn4C3)c3nn(C)cc23)CC1. The zero-order valence-corrected chi connectivity index (χ0v) is 19.0. The number of benzene rings is 1. The number of hydrogen-bond acceptors (Lipinski definition) is 5. The van der Waals surface area contributed by atoms with E-state index in [1.54, 1.807) is 0 Å². The molecule has 168 valence electrons. The minimum Gasteiger partial charge on any atom is -0.371 e. The van der Waals surface area contributed by atoms with Gasteiger partial charge < -0.3 is 14.8 Å². The Kier molecular flexibility index (Phi) is 5.55. The second kappa shape index (κ2) is 8.50. The molecule has 4 heterocycles. The third-order valence-electron chi connectivity index (χ3n) is 6.37. The Morgan fingerprint density at radius 2 is 2.03 bits per heavy atom. The van der Waals surface area contributed by atoms with Crippen LogP contribution in [0.5, 0.6) is 0 Å². The second-order valence-electron chi connectivity index (χ2n) is 8.76. The van der Waals surface area contributed by atoms with E-state index in [1.807, 2.05) is 29.4 Å². The van der Waals surface area contributed by atoms with E-state index in [0.717, 1.165) is 54.6 Å². The van der Waals surface area contributed by atoms with Gasteiger partial charge in [0, 0.05) is 61.3 Å². The van der Waals surface area contributed by atoms with Gasteiger partial charge in [0.05, 0.1) is 30.0 Å². The Balaban J connectivity index is 1.39. The van der Waals surface area contributed by atoms with Crippen molar-refractivity contribution >= 4 is 28.1 Å². The zero-order chi connectivity index (χ0) is 22.2.